The molecule has 3 rings (SSSR count). The number of ether oxygens (including phenoxy) is 1. The molecule has 0 saturated heterocycles. The molecule has 0 saturated carbocycles. The third kappa shape index (κ3) is 3.44. The summed E-state index contributed by atoms with van der Waals surface area (Å²) in [6.07, 6.45) is 2.83. The lowest BCUT2D eigenvalue weighted by atomic mass is 10.1. The largest absolute Gasteiger partial charge is 0.497 e. The average molecular weight is 294 g/mol. The standard InChI is InChI=1S/C17H18N4O/c1-22-16-9-5-8-15(12-16)21-13-17(19-20-21)18-11-10-14-6-3-2-4-7-14/h2-9,12-13,18H,10-11H2,1H3. The highest BCUT2D eigenvalue weighted by Gasteiger charge is 2.03. The number of benzene rings is 2. The Morgan fingerprint density at radius 3 is 2.77 bits per heavy atom. The fourth-order valence-electron chi connectivity index (χ4n) is 2.20. The first-order chi connectivity index (χ1) is 10.8. The number of nitrogens with zero attached hydrogens (tertiary/aromatic N) is 3. The molecule has 0 unspecified atom stereocenters. The molecule has 0 atom stereocenters. The van der Waals surface area contributed by atoms with Crippen molar-refractivity contribution in [2.45, 2.75) is 6.42 Å². The molecule has 0 radical (unpaired) electrons. The number of anilines is 1. The normalized spacial score (nSPS) is 10.4. The number of hydrogen-bond acceptors (Lipinski definition) is 4. The lowest BCUT2D eigenvalue weighted by molar-refractivity contribution is 0.414. The summed E-state index contributed by atoms with van der Waals surface area (Å²) in [4.78, 5) is 0. The van der Waals surface area contributed by atoms with Gasteiger partial charge in [0.1, 0.15) is 5.75 Å². The van der Waals surface area contributed by atoms with Crippen molar-refractivity contribution in [3.8, 4) is 11.4 Å². The Bertz CT molecular complexity index is 724. The Morgan fingerprint density at radius 2 is 1.95 bits per heavy atom. The van der Waals surface area contributed by atoms with Crippen LogP contribution >= 0.6 is 0 Å². The molecule has 0 bridgehead atoms. The average Bonchev–Trinajstić information content (AvgIpc) is 3.05. The van der Waals surface area contributed by atoms with Gasteiger partial charge in [0.2, 0.25) is 0 Å². The smallest absolute Gasteiger partial charge is 0.169 e. The van der Waals surface area contributed by atoms with Gasteiger partial charge in [0, 0.05) is 12.6 Å². The van der Waals surface area contributed by atoms with Gasteiger partial charge in [0.25, 0.3) is 0 Å². The van der Waals surface area contributed by atoms with Crippen molar-refractivity contribution in [2.75, 3.05) is 19.0 Å². The number of nitrogens with one attached hydrogen (secondary N) is 1. The molecule has 112 valence electrons. The second-order valence-electron chi connectivity index (χ2n) is 4.91. The van der Waals surface area contributed by atoms with Gasteiger partial charge in [0.05, 0.1) is 19.0 Å². The van der Waals surface area contributed by atoms with Gasteiger partial charge in [-0.05, 0) is 24.1 Å². The fourth-order valence-corrected chi connectivity index (χ4v) is 2.20. The minimum Gasteiger partial charge on any atom is -0.497 e. The van der Waals surface area contributed by atoms with E-state index in [1.165, 1.54) is 5.56 Å². The van der Waals surface area contributed by atoms with Crippen LogP contribution in [0.2, 0.25) is 0 Å². The van der Waals surface area contributed by atoms with Crippen molar-refractivity contribution in [1.29, 1.82) is 0 Å². The Labute approximate surface area is 129 Å². The van der Waals surface area contributed by atoms with Crippen LogP contribution in [0, 0.1) is 0 Å². The predicted octanol–water partition coefficient (Wildman–Crippen LogP) is 2.93. The van der Waals surface area contributed by atoms with Crippen LogP contribution in [0.4, 0.5) is 5.82 Å². The van der Waals surface area contributed by atoms with E-state index in [9.17, 15) is 0 Å². The minimum absolute atomic E-state index is 0.763. The van der Waals surface area contributed by atoms with E-state index in [0.29, 0.717) is 0 Å². The summed E-state index contributed by atoms with van der Waals surface area (Å²) in [5.41, 5.74) is 2.22. The van der Waals surface area contributed by atoms with Crippen LogP contribution in [0.5, 0.6) is 5.75 Å². The van der Waals surface area contributed by atoms with Gasteiger partial charge >= 0.3 is 0 Å². The molecule has 22 heavy (non-hydrogen) atoms. The van der Waals surface area contributed by atoms with Crippen LogP contribution in [-0.4, -0.2) is 28.6 Å². The Morgan fingerprint density at radius 1 is 1.09 bits per heavy atom. The van der Waals surface area contributed by atoms with E-state index in [4.69, 9.17) is 4.74 Å². The maximum absolute atomic E-state index is 5.22. The summed E-state index contributed by atoms with van der Waals surface area (Å²) in [6.45, 7) is 0.820. The van der Waals surface area contributed by atoms with Crippen LogP contribution in [-0.2, 0) is 6.42 Å². The van der Waals surface area contributed by atoms with Crippen LogP contribution < -0.4 is 10.1 Å². The van der Waals surface area contributed by atoms with E-state index in [2.05, 4.69) is 39.9 Å². The monoisotopic (exact) mass is 294 g/mol. The van der Waals surface area contributed by atoms with E-state index < -0.39 is 0 Å². The summed E-state index contributed by atoms with van der Waals surface area (Å²) in [5, 5.41) is 11.6. The lowest BCUT2D eigenvalue weighted by Crippen LogP contribution is -2.04. The highest BCUT2D eigenvalue weighted by atomic mass is 16.5. The fraction of sp³-hybridized carbons (Fsp3) is 0.176. The number of methoxy groups -OCH3 is 1. The van der Waals surface area contributed by atoms with Crippen molar-refractivity contribution in [1.82, 2.24) is 15.0 Å². The molecule has 1 N–H and O–H groups in total. The van der Waals surface area contributed by atoms with Crippen molar-refractivity contribution in [3.05, 3.63) is 66.4 Å². The van der Waals surface area contributed by atoms with Crippen molar-refractivity contribution in [3.63, 3.8) is 0 Å². The summed E-state index contributed by atoms with van der Waals surface area (Å²) in [5.74, 6) is 1.56. The molecule has 0 aliphatic rings. The molecule has 5 heteroatoms. The van der Waals surface area contributed by atoms with Gasteiger partial charge in [-0.1, -0.05) is 41.6 Å². The minimum atomic E-state index is 0.763. The highest BCUT2D eigenvalue weighted by Crippen LogP contribution is 2.16. The zero-order valence-corrected chi connectivity index (χ0v) is 12.4. The Balaban J connectivity index is 1.61. The molecule has 0 fully saturated rings. The first-order valence-corrected chi connectivity index (χ1v) is 7.20. The van der Waals surface area contributed by atoms with Crippen LogP contribution in [0.1, 0.15) is 5.56 Å². The molecule has 0 aliphatic heterocycles. The van der Waals surface area contributed by atoms with Gasteiger partial charge in [-0.2, -0.15) is 0 Å². The second kappa shape index (κ2) is 6.76. The number of rotatable bonds is 6. The molecule has 1 heterocycles. The van der Waals surface area contributed by atoms with Gasteiger partial charge < -0.3 is 10.1 Å². The van der Waals surface area contributed by atoms with E-state index in [-0.39, 0.29) is 0 Å². The van der Waals surface area contributed by atoms with E-state index in [0.717, 1.165) is 30.2 Å². The summed E-state index contributed by atoms with van der Waals surface area (Å²) < 4.78 is 6.95. The summed E-state index contributed by atoms with van der Waals surface area (Å²) in [7, 11) is 1.65. The van der Waals surface area contributed by atoms with E-state index in [1.807, 2.05) is 36.5 Å². The maximum atomic E-state index is 5.22. The van der Waals surface area contributed by atoms with Crippen LogP contribution in [0.25, 0.3) is 5.69 Å². The van der Waals surface area contributed by atoms with Crippen LogP contribution in [0.15, 0.2) is 60.8 Å². The van der Waals surface area contributed by atoms with Gasteiger partial charge in [-0.15, -0.1) is 5.10 Å². The topological polar surface area (TPSA) is 52.0 Å². The molecule has 2 aromatic carbocycles. The molecule has 0 spiro atoms. The zero-order valence-electron chi connectivity index (χ0n) is 12.4. The molecular weight excluding hydrogens is 276 g/mol. The zero-order chi connectivity index (χ0) is 15.2. The van der Waals surface area contributed by atoms with Crippen molar-refractivity contribution >= 4 is 5.82 Å². The third-order valence-electron chi connectivity index (χ3n) is 3.37. The Hall–Kier alpha value is -2.82. The van der Waals surface area contributed by atoms with E-state index in [1.54, 1.807) is 11.8 Å². The van der Waals surface area contributed by atoms with Crippen molar-refractivity contribution < 1.29 is 4.74 Å². The summed E-state index contributed by atoms with van der Waals surface area (Å²) in [6, 6.07) is 18.1. The van der Waals surface area contributed by atoms with E-state index >= 15 is 0 Å². The molecule has 0 aliphatic carbocycles. The number of aromatic nitrogens is 3. The van der Waals surface area contributed by atoms with Crippen molar-refractivity contribution in [2.24, 2.45) is 0 Å². The molecule has 1 aromatic heterocycles. The van der Waals surface area contributed by atoms with Gasteiger partial charge in [-0.25, -0.2) is 4.68 Å². The van der Waals surface area contributed by atoms with Crippen LogP contribution in [0.3, 0.4) is 0 Å². The first kappa shape index (κ1) is 14.1. The first-order valence-electron chi connectivity index (χ1n) is 7.20. The molecule has 5 nitrogen and oxygen atoms in total. The van der Waals surface area contributed by atoms with Gasteiger partial charge in [0.15, 0.2) is 5.82 Å². The second-order valence-corrected chi connectivity index (χ2v) is 4.91. The SMILES string of the molecule is COc1cccc(-n2cc(NCCc3ccccc3)nn2)c1. The van der Waals surface area contributed by atoms with Gasteiger partial charge in [-0.3, -0.25) is 0 Å². The summed E-state index contributed by atoms with van der Waals surface area (Å²) >= 11 is 0. The third-order valence-corrected chi connectivity index (χ3v) is 3.37. The highest BCUT2D eigenvalue weighted by molar-refractivity contribution is 5.41. The quantitative estimate of drug-likeness (QED) is 0.759. The molecule has 3 aromatic rings. The number of hydrogen-bond donors (Lipinski definition) is 1. The molecule has 0 amide bonds. The lowest BCUT2D eigenvalue weighted by Gasteiger charge is -2.03. The molecular formula is C17H18N4O. The maximum Gasteiger partial charge on any atom is 0.169 e. The Kier molecular flexibility index (Phi) is 4.34. The predicted molar refractivity (Wildman–Crippen MR) is 86.5 cm³/mol.